The van der Waals surface area contributed by atoms with Crippen molar-refractivity contribution in [1.29, 1.82) is 0 Å². The van der Waals surface area contributed by atoms with Gasteiger partial charge in [0.25, 0.3) is 5.56 Å². The molecule has 5 N–H and O–H groups in total. The SMILES string of the molecule is CC(NC(O)c1c(N)nn2cccnc12)c1nc2cccc(C#CC3(O)C4CCN5CCC453)c2c(=O)n1-c1ccccc1. The standard InChI is InChI=1S/C32H30N8O3/c1-19(35-29(41)25-26(33)37-39-16-6-15-34-28(25)39)27-36-22-10-5-7-20(24(22)30(42)40(27)21-8-3-2-4-9-21)11-13-32(43)23-12-17-38-18-14-31(23,32)38/h2-10,15-16,19,23,29,35,41,43H,12,14,17-18H2,1H3,(H2,33,37). The van der Waals surface area contributed by atoms with Gasteiger partial charge in [-0.15, -0.1) is 5.10 Å². The second-order valence-electron chi connectivity index (χ2n) is 11.6. The molecule has 1 saturated carbocycles. The number of piperidine rings is 1. The van der Waals surface area contributed by atoms with Gasteiger partial charge in [-0.05, 0) is 56.6 Å². The molecule has 2 saturated heterocycles. The summed E-state index contributed by atoms with van der Waals surface area (Å²) in [4.78, 5) is 25.9. The molecule has 43 heavy (non-hydrogen) atoms. The normalized spacial score (nSPS) is 25.4. The predicted octanol–water partition coefficient (Wildman–Crippen LogP) is 1.91. The Hall–Kier alpha value is -4.60. The Bertz CT molecular complexity index is 2050. The van der Waals surface area contributed by atoms with Crippen molar-refractivity contribution >= 4 is 22.4 Å². The number of aliphatic hydroxyl groups is 2. The van der Waals surface area contributed by atoms with Crippen LogP contribution in [0.3, 0.4) is 0 Å². The van der Waals surface area contributed by atoms with Crippen molar-refractivity contribution in [2.75, 3.05) is 18.8 Å². The Labute approximate surface area is 246 Å². The largest absolute Gasteiger partial charge is 0.382 e. The molecule has 5 atom stereocenters. The molecule has 1 aliphatic carbocycles. The van der Waals surface area contributed by atoms with E-state index < -0.39 is 17.9 Å². The van der Waals surface area contributed by atoms with Crippen LogP contribution in [0, 0.1) is 17.8 Å². The van der Waals surface area contributed by atoms with Crippen LogP contribution in [0.15, 0.2) is 71.8 Å². The van der Waals surface area contributed by atoms with Crippen molar-refractivity contribution in [3.63, 3.8) is 0 Å². The average molecular weight is 575 g/mol. The van der Waals surface area contributed by atoms with E-state index in [-0.39, 0.29) is 22.8 Å². The average Bonchev–Trinajstić information content (AvgIpc) is 3.20. The highest BCUT2D eigenvalue weighted by Gasteiger charge is 2.83. The topological polar surface area (TPSA) is 147 Å². The molecule has 11 heteroatoms. The molecule has 5 aromatic rings. The van der Waals surface area contributed by atoms with E-state index in [1.54, 1.807) is 35.2 Å². The van der Waals surface area contributed by atoms with E-state index in [4.69, 9.17) is 10.7 Å². The Morgan fingerprint density at radius 2 is 1.98 bits per heavy atom. The molecule has 1 spiro atoms. The maximum atomic E-state index is 14.3. The zero-order valence-electron chi connectivity index (χ0n) is 23.5. The number of nitrogen functional groups attached to an aromatic ring is 1. The minimum absolute atomic E-state index is 0.145. The van der Waals surface area contributed by atoms with Crippen LogP contribution in [0.1, 0.15) is 49.0 Å². The summed E-state index contributed by atoms with van der Waals surface area (Å²) in [5, 5.41) is 30.4. The number of nitrogens with zero attached hydrogens (tertiary/aromatic N) is 6. The number of benzene rings is 2. The summed E-state index contributed by atoms with van der Waals surface area (Å²) < 4.78 is 3.05. The number of rotatable bonds is 5. The maximum absolute atomic E-state index is 14.3. The first kappa shape index (κ1) is 26.1. The van der Waals surface area contributed by atoms with Crippen molar-refractivity contribution in [1.82, 2.24) is 34.4 Å². The van der Waals surface area contributed by atoms with Gasteiger partial charge in [-0.25, -0.2) is 14.5 Å². The van der Waals surface area contributed by atoms with Gasteiger partial charge in [-0.1, -0.05) is 36.1 Å². The molecule has 0 radical (unpaired) electrons. The fraction of sp³-hybridized carbons (Fsp3) is 0.312. The molecule has 5 heterocycles. The first-order valence-electron chi connectivity index (χ1n) is 14.5. The van der Waals surface area contributed by atoms with E-state index in [0.29, 0.717) is 39.2 Å². The lowest BCUT2D eigenvalue weighted by molar-refractivity contribution is 0.0164. The summed E-state index contributed by atoms with van der Waals surface area (Å²) in [6.07, 6.45) is 3.97. The number of aromatic nitrogens is 5. The molecule has 0 bridgehead atoms. The first-order valence-corrected chi connectivity index (χ1v) is 14.5. The molecule has 5 unspecified atom stereocenters. The second kappa shape index (κ2) is 9.20. The summed E-state index contributed by atoms with van der Waals surface area (Å²) in [6, 6.07) is 15.8. The van der Waals surface area contributed by atoms with Crippen LogP contribution < -0.4 is 16.6 Å². The van der Waals surface area contributed by atoms with Crippen LogP contribution in [0.5, 0.6) is 0 Å². The van der Waals surface area contributed by atoms with Crippen LogP contribution in [0.2, 0.25) is 0 Å². The third kappa shape index (κ3) is 3.58. The van der Waals surface area contributed by atoms with Crippen molar-refractivity contribution < 1.29 is 10.2 Å². The molecule has 0 amide bonds. The van der Waals surface area contributed by atoms with Crippen molar-refractivity contribution in [2.45, 2.75) is 43.2 Å². The van der Waals surface area contributed by atoms with Crippen LogP contribution in [-0.2, 0) is 0 Å². The van der Waals surface area contributed by atoms with Crippen LogP contribution >= 0.6 is 0 Å². The monoisotopic (exact) mass is 574 g/mol. The highest BCUT2D eigenvalue weighted by molar-refractivity contribution is 5.85. The molecule has 216 valence electrons. The van der Waals surface area contributed by atoms with E-state index in [0.717, 1.165) is 25.9 Å². The summed E-state index contributed by atoms with van der Waals surface area (Å²) in [5.74, 6) is 7.05. The zero-order chi connectivity index (χ0) is 29.5. The number of aliphatic hydroxyl groups excluding tert-OH is 1. The molecule has 8 rings (SSSR count). The van der Waals surface area contributed by atoms with Gasteiger partial charge in [0.1, 0.15) is 17.7 Å². The number of nitrogens with two attached hydrogens (primary N) is 1. The Kier molecular flexibility index (Phi) is 5.57. The lowest BCUT2D eigenvalue weighted by Crippen LogP contribution is -2.53. The van der Waals surface area contributed by atoms with Crippen LogP contribution in [-0.4, -0.2) is 63.5 Å². The number of para-hydroxylation sites is 1. The molecule has 11 nitrogen and oxygen atoms in total. The number of nitrogens with one attached hydrogen (secondary N) is 1. The van der Waals surface area contributed by atoms with Crippen molar-refractivity contribution in [2.24, 2.45) is 5.92 Å². The maximum Gasteiger partial charge on any atom is 0.267 e. The Morgan fingerprint density at radius 3 is 2.74 bits per heavy atom. The van der Waals surface area contributed by atoms with E-state index >= 15 is 0 Å². The lowest BCUT2D eigenvalue weighted by Gasteiger charge is -2.40. The lowest BCUT2D eigenvalue weighted by atomic mass is 9.97. The first-order chi connectivity index (χ1) is 20.8. The fourth-order valence-corrected chi connectivity index (χ4v) is 7.37. The number of fused-ring (bicyclic) bond motifs is 2. The second-order valence-corrected chi connectivity index (χ2v) is 11.6. The molecular weight excluding hydrogens is 544 g/mol. The minimum atomic E-state index is -1.24. The highest BCUT2D eigenvalue weighted by atomic mass is 16.3. The molecular formula is C32H30N8O3. The quantitative estimate of drug-likeness (QED) is 0.183. The van der Waals surface area contributed by atoms with Crippen LogP contribution in [0.4, 0.5) is 5.82 Å². The molecule has 3 aliphatic rings. The van der Waals surface area contributed by atoms with Crippen molar-refractivity contribution in [3.8, 4) is 17.5 Å². The van der Waals surface area contributed by atoms with Gasteiger partial charge in [0, 0.05) is 30.4 Å². The summed E-state index contributed by atoms with van der Waals surface area (Å²) in [6.45, 7) is 3.84. The fourth-order valence-electron chi connectivity index (χ4n) is 7.37. The molecule has 2 aliphatic heterocycles. The van der Waals surface area contributed by atoms with Crippen LogP contribution in [0.25, 0.3) is 22.2 Å². The van der Waals surface area contributed by atoms with Gasteiger partial charge in [0.15, 0.2) is 11.5 Å². The van der Waals surface area contributed by atoms with Gasteiger partial charge < -0.3 is 15.9 Å². The van der Waals surface area contributed by atoms with E-state index in [9.17, 15) is 15.0 Å². The molecule has 2 aromatic carbocycles. The summed E-state index contributed by atoms with van der Waals surface area (Å²) >= 11 is 0. The number of anilines is 1. The van der Waals surface area contributed by atoms with Gasteiger partial charge in [0.05, 0.1) is 33.7 Å². The van der Waals surface area contributed by atoms with Gasteiger partial charge in [0.2, 0.25) is 0 Å². The third-order valence-corrected chi connectivity index (χ3v) is 9.53. The highest BCUT2D eigenvalue weighted by Crippen LogP contribution is 2.69. The van der Waals surface area contributed by atoms with Crippen molar-refractivity contribution in [3.05, 3.63) is 94.3 Å². The Morgan fingerprint density at radius 1 is 1.14 bits per heavy atom. The van der Waals surface area contributed by atoms with E-state index in [2.05, 4.69) is 32.1 Å². The predicted molar refractivity (Wildman–Crippen MR) is 160 cm³/mol. The minimum Gasteiger partial charge on any atom is -0.382 e. The zero-order valence-corrected chi connectivity index (χ0v) is 23.5. The van der Waals surface area contributed by atoms with Gasteiger partial charge in [-0.3, -0.25) is 19.6 Å². The van der Waals surface area contributed by atoms with E-state index in [1.807, 2.05) is 43.3 Å². The summed E-state index contributed by atoms with van der Waals surface area (Å²) in [7, 11) is 0. The van der Waals surface area contributed by atoms with Gasteiger partial charge in [-0.2, -0.15) is 0 Å². The van der Waals surface area contributed by atoms with Gasteiger partial charge >= 0.3 is 0 Å². The van der Waals surface area contributed by atoms with E-state index in [1.165, 1.54) is 4.52 Å². The number of hydrogen-bond acceptors (Lipinski definition) is 9. The summed E-state index contributed by atoms with van der Waals surface area (Å²) in [5.41, 5.74) is 7.00. The Balaban J connectivity index is 1.22. The molecule has 3 fully saturated rings. The third-order valence-electron chi connectivity index (χ3n) is 9.53. The molecule has 3 aromatic heterocycles. The number of hydrogen-bond donors (Lipinski definition) is 4. The smallest absolute Gasteiger partial charge is 0.267 e.